The summed E-state index contributed by atoms with van der Waals surface area (Å²) in [6.07, 6.45) is -3.27. The highest BCUT2D eigenvalue weighted by molar-refractivity contribution is 7.92. The molecule has 0 aliphatic heterocycles. The number of halogens is 4. The predicted octanol–water partition coefficient (Wildman–Crippen LogP) is 2.89. The van der Waals surface area contributed by atoms with Crippen LogP contribution in [0.15, 0.2) is 35.6 Å². The molecule has 0 radical (unpaired) electrons. The van der Waals surface area contributed by atoms with Crippen molar-refractivity contribution in [3.05, 3.63) is 41.3 Å². The second kappa shape index (κ2) is 5.23. The molecule has 0 saturated heterocycles. The summed E-state index contributed by atoms with van der Waals surface area (Å²) in [4.78, 5) is 3.64. The molecule has 0 saturated carbocycles. The van der Waals surface area contributed by atoms with Crippen molar-refractivity contribution in [1.82, 2.24) is 9.55 Å². The van der Waals surface area contributed by atoms with Gasteiger partial charge in [-0.05, 0) is 24.3 Å². The molecule has 0 fully saturated rings. The van der Waals surface area contributed by atoms with Crippen LogP contribution >= 0.6 is 11.6 Å². The maximum absolute atomic E-state index is 12.4. The third-order valence-electron chi connectivity index (χ3n) is 2.55. The van der Waals surface area contributed by atoms with Gasteiger partial charge in [0.25, 0.3) is 10.0 Å². The van der Waals surface area contributed by atoms with Gasteiger partial charge in [0.05, 0.1) is 11.9 Å². The fourth-order valence-electron chi connectivity index (χ4n) is 1.50. The average molecular weight is 340 g/mol. The number of hydrogen-bond acceptors (Lipinski definition) is 3. The Kier molecular flexibility index (Phi) is 3.89. The minimum absolute atomic E-state index is 0.0234. The smallest absolute Gasteiger partial charge is 0.324 e. The Morgan fingerprint density at radius 2 is 1.81 bits per heavy atom. The normalized spacial score (nSPS) is 12.4. The van der Waals surface area contributed by atoms with E-state index < -0.39 is 26.8 Å². The largest absolute Gasteiger partial charge is 0.416 e. The van der Waals surface area contributed by atoms with Crippen LogP contribution in [0.25, 0.3) is 0 Å². The number of alkyl halides is 3. The lowest BCUT2D eigenvalue weighted by molar-refractivity contribution is -0.137. The molecule has 1 heterocycles. The first kappa shape index (κ1) is 15.6. The zero-order valence-electron chi connectivity index (χ0n) is 10.5. The number of nitrogens with zero attached hydrogens (tertiary/aromatic N) is 2. The molecule has 0 bridgehead atoms. The molecule has 1 aromatic heterocycles. The lowest BCUT2D eigenvalue weighted by atomic mass is 10.2. The van der Waals surface area contributed by atoms with Crippen LogP contribution in [0.5, 0.6) is 0 Å². The second-order valence-electron chi connectivity index (χ2n) is 4.13. The van der Waals surface area contributed by atoms with Crippen LogP contribution in [0.3, 0.4) is 0 Å². The van der Waals surface area contributed by atoms with Crippen LogP contribution in [0, 0.1) is 0 Å². The van der Waals surface area contributed by atoms with E-state index in [1.807, 2.05) is 0 Å². The quantitative estimate of drug-likeness (QED) is 0.935. The molecule has 5 nitrogen and oxygen atoms in total. The standard InChI is InChI=1S/C11H9ClF3N3O2S/c1-18-6-16-10(9(18)12)21(19,20)17-8-4-2-7(3-5-8)11(13,14)15/h2-6,17H,1H3. The van der Waals surface area contributed by atoms with Gasteiger partial charge in [-0.3, -0.25) is 4.72 Å². The van der Waals surface area contributed by atoms with Crippen LogP contribution in [-0.4, -0.2) is 18.0 Å². The molecule has 0 aliphatic carbocycles. The van der Waals surface area contributed by atoms with Gasteiger partial charge in [-0.25, -0.2) is 4.98 Å². The zero-order valence-corrected chi connectivity index (χ0v) is 12.1. The number of imidazole rings is 1. The Bertz CT molecular complexity index is 754. The minimum atomic E-state index is -4.48. The molecule has 0 unspecified atom stereocenters. The van der Waals surface area contributed by atoms with Crippen molar-refractivity contribution in [3.63, 3.8) is 0 Å². The van der Waals surface area contributed by atoms with Crippen LogP contribution < -0.4 is 4.72 Å². The van der Waals surface area contributed by atoms with Gasteiger partial charge in [0.15, 0.2) is 0 Å². The van der Waals surface area contributed by atoms with Crippen molar-refractivity contribution >= 4 is 27.3 Å². The SMILES string of the molecule is Cn1cnc(S(=O)(=O)Nc2ccc(C(F)(F)F)cc2)c1Cl. The van der Waals surface area contributed by atoms with E-state index in [1.54, 1.807) is 0 Å². The monoisotopic (exact) mass is 339 g/mol. The number of benzene rings is 1. The highest BCUT2D eigenvalue weighted by Crippen LogP contribution is 2.30. The number of aromatic nitrogens is 2. The lowest BCUT2D eigenvalue weighted by Crippen LogP contribution is -2.14. The molecule has 114 valence electrons. The number of rotatable bonds is 3. The maximum atomic E-state index is 12.4. The maximum Gasteiger partial charge on any atom is 0.416 e. The van der Waals surface area contributed by atoms with Gasteiger partial charge in [-0.15, -0.1) is 0 Å². The number of sulfonamides is 1. The van der Waals surface area contributed by atoms with Crippen LogP contribution in [-0.2, 0) is 23.2 Å². The summed E-state index contributed by atoms with van der Waals surface area (Å²) >= 11 is 5.78. The molecule has 10 heteroatoms. The molecule has 21 heavy (non-hydrogen) atoms. The fraction of sp³-hybridized carbons (Fsp3) is 0.182. The van der Waals surface area contributed by atoms with E-state index in [0.717, 1.165) is 24.3 Å². The minimum Gasteiger partial charge on any atom is -0.324 e. The summed E-state index contributed by atoms with van der Waals surface area (Å²) < 4.78 is 64.7. The first-order valence-corrected chi connectivity index (χ1v) is 7.34. The number of aryl methyl sites for hydroxylation is 1. The van der Waals surface area contributed by atoms with Gasteiger partial charge in [-0.1, -0.05) is 11.6 Å². The molecule has 0 spiro atoms. The fourth-order valence-corrected chi connectivity index (χ4v) is 3.00. The van der Waals surface area contributed by atoms with E-state index in [-0.39, 0.29) is 10.8 Å². The molecule has 2 aromatic rings. The second-order valence-corrected chi connectivity index (χ2v) is 6.09. The van der Waals surface area contributed by atoms with Crippen LogP contribution in [0.4, 0.5) is 18.9 Å². The summed E-state index contributed by atoms with van der Waals surface area (Å²) in [5, 5.41) is -0.499. The highest BCUT2D eigenvalue weighted by atomic mass is 35.5. The predicted molar refractivity (Wildman–Crippen MR) is 70.5 cm³/mol. The summed E-state index contributed by atoms with van der Waals surface area (Å²) in [6.45, 7) is 0. The van der Waals surface area contributed by atoms with Crippen molar-refractivity contribution in [2.45, 2.75) is 11.2 Å². The molecule has 1 aromatic carbocycles. The van der Waals surface area contributed by atoms with E-state index in [1.165, 1.54) is 17.9 Å². The van der Waals surface area contributed by atoms with E-state index in [0.29, 0.717) is 0 Å². The summed E-state index contributed by atoms with van der Waals surface area (Å²) in [6, 6.07) is 3.57. The number of nitrogens with one attached hydrogen (secondary N) is 1. The molecule has 2 rings (SSSR count). The Balaban J connectivity index is 2.27. The lowest BCUT2D eigenvalue weighted by Gasteiger charge is -2.09. The van der Waals surface area contributed by atoms with Gasteiger partial charge in [0, 0.05) is 12.7 Å². The Morgan fingerprint density at radius 3 is 2.24 bits per heavy atom. The topological polar surface area (TPSA) is 64.0 Å². The summed E-state index contributed by atoms with van der Waals surface area (Å²) in [5.41, 5.74) is -0.897. The molecular formula is C11H9ClF3N3O2S. The number of hydrogen-bond donors (Lipinski definition) is 1. The molecule has 1 N–H and O–H groups in total. The number of anilines is 1. The highest BCUT2D eigenvalue weighted by Gasteiger charge is 2.30. The molecule has 0 atom stereocenters. The summed E-state index contributed by atoms with van der Waals surface area (Å²) in [5.74, 6) is 0. The van der Waals surface area contributed by atoms with E-state index >= 15 is 0 Å². The average Bonchev–Trinajstić information content (AvgIpc) is 2.69. The van der Waals surface area contributed by atoms with E-state index in [4.69, 9.17) is 11.6 Å². The van der Waals surface area contributed by atoms with Gasteiger partial charge in [0.2, 0.25) is 5.03 Å². The Labute approximate surface area is 123 Å². The van der Waals surface area contributed by atoms with Gasteiger partial charge < -0.3 is 4.57 Å². The van der Waals surface area contributed by atoms with Crippen LogP contribution in [0.2, 0.25) is 5.15 Å². The van der Waals surface area contributed by atoms with Crippen molar-refractivity contribution in [2.75, 3.05) is 4.72 Å². The van der Waals surface area contributed by atoms with Crippen molar-refractivity contribution in [1.29, 1.82) is 0 Å². The Hall–Kier alpha value is -1.74. The first-order valence-electron chi connectivity index (χ1n) is 5.48. The van der Waals surface area contributed by atoms with Crippen molar-refractivity contribution < 1.29 is 21.6 Å². The van der Waals surface area contributed by atoms with E-state index in [2.05, 4.69) is 9.71 Å². The third kappa shape index (κ3) is 3.30. The molecular weight excluding hydrogens is 331 g/mol. The van der Waals surface area contributed by atoms with E-state index in [9.17, 15) is 21.6 Å². The van der Waals surface area contributed by atoms with Gasteiger partial charge in [0.1, 0.15) is 5.15 Å². The van der Waals surface area contributed by atoms with Crippen molar-refractivity contribution in [3.8, 4) is 0 Å². The Morgan fingerprint density at radius 1 is 1.24 bits per heavy atom. The molecule has 0 aliphatic rings. The molecule has 0 amide bonds. The first-order chi connectivity index (χ1) is 9.61. The third-order valence-corrected chi connectivity index (χ3v) is 4.42. The summed E-state index contributed by atoms with van der Waals surface area (Å²) in [7, 11) is -2.56. The van der Waals surface area contributed by atoms with Crippen molar-refractivity contribution in [2.24, 2.45) is 7.05 Å². The zero-order chi connectivity index (χ0) is 15.8. The van der Waals surface area contributed by atoms with Gasteiger partial charge >= 0.3 is 6.18 Å². The van der Waals surface area contributed by atoms with Crippen LogP contribution in [0.1, 0.15) is 5.56 Å². The van der Waals surface area contributed by atoms with Gasteiger partial charge in [-0.2, -0.15) is 21.6 Å².